The second-order valence-electron chi connectivity index (χ2n) is 8.12. The van der Waals surface area contributed by atoms with E-state index in [9.17, 15) is 14.0 Å². The average molecular weight is 565 g/mol. The minimum atomic E-state index is -0.426. The highest BCUT2D eigenvalue weighted by atomic mass is 32.2. The van der Waals surface area contributed by atoms with E-state index in [1.54, 1.807) is 17.7 Å². The van der Waals surface area contributed by atoms with Crippen LogP contribution in [0.5, 0.6) is 5.75 Å². The van der Waals surface area contributed by atoms with Crippen molar-refractivity contribution in [1.82, 2.24) is 19.4 Å². The van der Waals surface area contributed by atoms with Crippen molar-refractivity contribution in [3.63, 3.8) is 0 Å². The average Bonchev–Trinajstić information content (AvgIpc) is 3.28. The highest BCUT2D eigenvalue weighted by Gasteiger charge is 2.20. The minimum Gasteiger partial charge on any atom is -0.497 e. The summed E-state index contributed by atoms with van der Waals surface area (Å²) >= 11 is 7.87. The second-order valence-corrected chi connectivity index (χ2v) is 10.7. The van der Waals surface area contributed by atoms with Crippen LogP contribution >= 0.6 is 35.3 Å². The lowest BCUT2D eigenvalue weighted by Crippen LogP contribution is -2.26. The number of hydrogen-bond donors (Lipinski definition) is 1. The van der Waals surface area contributed by atoms with Crippen molar-refractivity contribution < 1.29 is 13.9 Å². The lowest BCUT2D eigenvalue weighted by Gasteiger charge is -2.13. The Balaban J connectivity index is 1.56. The standard InChI is InChI=1S/C27H21FN4O3S3/c1-35-21-9-5-8-20(14-21)31-24-23(38-27(31)36)25(34)32(19-12-10-18(28)11-13-19)26(30-24)37-16-22(33)29-15-17-6-3-2-4-7-17/h2-14H,15-16H2,1H3,(H,29,33). The summed E-state index contributed by atoms with van der Waals surface area (Å²) in [7, 11) is 1.57. The number of amides is 1. The van der Waals surface area contributed by atoms with Crippen LogP contribution in [0.1, 0.15) is 5.56 Å². The van der Waals surface area contributed by atoms with E-state index in [1.807, 2.05) is 48.5 Å². The topological polar surface area (TPSA) is 78.1 Å². The first kappa shape index (κ1) is 25.8. The molecular weight excluding hydrogens is 544 g/mol. The van der Waals surface area contributed by atoms with Gasteiger partial charge in [0, 0.05) is 12.6 Å². The van der Waals surface area contributed by atoms with E-state index < -0.39 is 5.82 Å². The van der Waals surface area contributed by atoms with Gasteiger partial charge in [-0.15, -0.1) is 0 Å². The summed E-state index contributed by atoms with van der Waals surface area (Å²) in [5.74, 6) is 0.0165. The number of aromatic nitrogens is 3. The molecule has 11 heteroatoms. The number of thioether (sulfide) groups is 1. The normalized spacial score (nSPS) is 11.0. The molecule has 0 aliphatic heterocycles. The Morgan fingerprint density at radius 2 is 1.82 bits per heavy atom. The number of nitrogens with one attached hydrogen (secondary N) is 1. The van der Waals surface area contributed by atoms with Crippen molar-refractivity contribution in [2.75, 3.05) is 12.9 Å². The van der Waals surface area contributed by atoms with Crippen LogP contribution in [0.3, 0.4) is 0 Å². The Bertz CT molecular complexity index is 1730. The van der Waals surface area contributed by atoms with Crippen LogP contribution in [0, 0.1) is 9.77 Å². The van der Waals surface area contributed by atoms with Crippen molar-refractivity contribution in [2.45, 2.75) is 11.7 Å². The van der Waals surface area contributed by atoms with Crippen molar-refractivity contribution >= 4 is 51.6 Å². The molecule has 2 heterocycles. The van der Waals surface area contributed by atoms with Gasteiger partial charge in [0.05, 0.1) is 24.2 Å². The van der Waals surface area contributed by atoms with Gasteiger partial charge in [0.15, 0.2) is 14.8 Å². The number of thiazole rings is 1. The van der Waals surface area contributed by atoms with Crippen LogP contribution in [0.15, 0.2) is 88.8 Å². The highest BCUT2D eigenvalue weighted by molar-refractivity contribution is 7.99. The van der Waals surface area contributed by atoms with Crippen LogP contribution < -0.4 is 15.6 Å². The fourth-order valence-electron chi connectivity index (χ4n) is 3.81. The van der Waals surface area contributed by atoms with Gasteiger partial charge in [-0.2, -0.15) is 0 Å². The highest BCUT2D eigenvalue weighted by Crippen LogP contribution is 2.28. The lowest BCUT2D eigenvalue weighted by molar-refractivity contribution is -0.118. The van der Waals surface area contributed by atoms with Crippen LogP contribution in [0.4, 0.5) is 4.39 Å². The molecule has 0 saturated heterocycles. The molecule has 0 bridgehead atoms. The smallest absolute Gasteiger partial charge is 0.278 e. The summed E-state index contributed by atoms with van der Waals surface area (Å²) in [6, 6.07) is 22.4. The second kappa shape index (κ2) is 11.3. The van der Waals surface area contributed by atoms with E-state index in [1.165, 1.54) is 28.8 Å². The third-order valence-corrected chi connectivity index (χ3v) is 7.93. The number of rotatable bonds is 8. The van der Waals surface area contributed by atoms with Crippen molar-refractivity contribution in [2.24, 2.45) is 0 Å². The molecule has 0 saturated carbocycles. The number of methoxy groups -OCH3 is 1. The van der Waals surface area contributed by atoms with E-state index in [2.05, 4.69) is 5.32 Å². The van der Waals surface area contributed by atoms with Gasteiger partial charge >= 0.3 is 0 Å². The van der Waals surface area contributed by atoms with Crippen molar-refractivity contribution in [3.05, 3.63) is 105 Å². The summed E-state index contributed by atoms with van der Waals surface area (Å²) in [5, 5.41) is 3.17. The van der Waals surface area contributed by atoms with Crippen LogP contribution in [0.2, 0.25) is 0 Å². The third-order valence-electron chi connectivity index (χ3n) is 5.64. The van der Waals surface area contributed by atoms with E-state index in [0.29, 0.717) is 38.0 Å². The molecule has 192 valence electrons. The van der Waals surface area contributed by atoms with Gasteiger partial charge in [0.25, 0.3) is 5.56 Å². The maximum absolute atomic E-state index is 13.8. The molecule has 1 amide bonds. The zero-order valence-electron chi connectivity index (χ0n) is 20.1. The Morgan fingerprint density at radius 3 is 2.55 bits per heavy atom. The maximum Gasteiger partial charge on any atom is 0.278 e. The van der Waals surface area contributed by atoms with Gasteiger partial charge in [-0.25, -0.2) is 9.37 Å². The van der Waals surface area contributed by atoms with Crippen molar-refractivity contribution in [1.29, 1.82) is 0 Å². The lowest BCUT2D eigenvalue weighted by atomic mass is 10.2. The van der Waals surface area contributed by atoms with E-state index >= 15 is 0 Å². The van der Waals surface area contributed by atoms with Gasteiger partial charge in [0.1, 0.15) is 16.3 Å². The monoisotopic (exact) mass is 564 g/mol. The van der Waals surface area contributed by atoms with E-state index in [4.69, 9.17) is 21.9 Å². The molecule has 0 aliphatic rings. The molecule has 0 fully saturated rings. The fourth-order valence-corrected chi connectivity index (χ4v) is 5.94. The first-order valence-corrected chi connectivity index (χ1v) is 13.7. The zero-order chi connectivity index (χ0) is 26.6. The predicted octanol–water partition coefficient (Wildman–Crippen LogP) is 5.52. The summed E-state index contributed by atoms with van der Waals surface area (Å²) in [5.41, 5.74) is 2.13. The number of fused-ring (bicyclic) bond motifs is 1. The van der Waals surface area contributed by atoms with Crippen LogP contribution in [0.25, 0.3) is 21.7 Å². The first-order valence-electron chi connectivity index (χ1n) is 11.5. The summed E-state index contributed by atoms with van der Waals surface area (Å²) in [4.78, 5) is 31.2. The summed E-state index contributed by atoms with van der Waals surface area (Å²) in [6.07, 6.45) is 0. The largest absolute Gasteiger partial charge is 0.497 e. The quantitative estimate of drug-likeness (QED) is 0.152. The zero-order valence-corrected chi connectivity index (χ0v) is 22.5. The number of ether oxygens (including phenoxy) is 1. The van der Waals surface area contributed by atoms with E-state index in [0.717, 1.165) is 28.7 Å². The van der Waals surface area contributed by atoms with Gasteiger partial charge < -0.3 is 10.1 Å². The Labute approximate surface area is 230 Å². The molecular formula is C27H21FN4O3S3. The predicted molar refractivity (Wildman–Crippen MR) is 151 cm³/mol. The van der Waals surface area contributed by atoms with Gasteiger partial charge in [-0.05, 0) is 54.2 Å². The summed E-state index contributed by atoms with van der Waals surface area (Å²) < 4.78 is 22.9. The molecule has 1 N–H and O–H groups in total. The minimum absolute atomic E-state index is 0.0238. The number of nitrogens with zero attached hydrogens (tertiary/aromatic N) is 3. The molecule has 0 radical (unpaired) electrons. The molecule has 7 nitrogen and oxygen atoms in total. The number of halogens is 1. The van der Waals surface area contributed by atoms with Gasteiger partial charge in [-0.3, -0.25) is 18.7 Å². The van der Waals surface area contributed by atoms with Crippen molar-refractivity contribution in [3.8, 4) is 17.1 Å². The number of hydrogen-bond acceptors (Lipinski definition) is 7. The molecule has 2 aromatic heterocycles. The molecule has 3 aromatic carbocycles. The molecule has 38 heavy (non-hydrogen) atoms. The maximum atomic E-state index is 13.8. The number of carbonyl (C=O) groups is 1. The summed E-state index contributed by atoms with van der Waals surface area (Å²) in [6.45, 7) is 0.386. The number of carbonyl (C=O) groups excluding carboxylic acids is 1. The molecule has 0 atom stereocenters. The van der Waals surface area contributed by atoms with Gasteiger partial charge in [0.2, 0.25) is 5.91 Å². The first-order chi connectivity index (χ1) is 18.4. The Hall–Kier alpha value is -3.80. The number of benzene rings is 3. The van der Waals surface area contributed by atoms with Crippen LogP contribution in [-0.4, -0.2) is 32.9 Å². The molecule has 5 aromatic rings. The third kappa shape index (κ3) is 5.40. The van der Waals surface area contributed by atoms with Gasteiger partial charge in [-0.1, -0.05) is 59.5 Å². The molecule has 0 aliphatic carbocycles. The van der Waals surface area contributed by atoms with E-state index in [-0.39, 0.29) is 22.4 Å². The molecule has 0 spiro atoms. The Morgan fingerprint density at radius 1 is 1.05 bits per heavy atom. The SMILES string of the molecule is COc1cccc(-n2c(=S)sc3c(=O)n(-c4ccc(F)cc4)c(SCC(=O)NCc4ccccc4)nc32)c1. The van der Waals surface area contributed by atoms with Crippen LogP contribution in [-0.2, 0) is 11.3 Å². The molecule has 0 unspecified atom stereocenters. The molecule has 5 rings (SSSR count). The fraction of sp³-hybridized carbons (Fsp3) is 0.111. The Kier molecular flexibility index (Phi) is 7.68.